The maximum Gasteiger partial charge on any atom is 0.252 e. The number of halogens is 1. The molecule has 0 unspecified atom stereocenters. The summed E-state index contributed by atoms with van der Waals surface area (Å²) in [7, 11) is -3.55. The second-order valence-electron chi connectivity index (χ2n) is 5.73. The molecule has 0 heterocycles. The van der Waals surface area contributed by atoms with Gasteiger partial charge in [0, 0.05) is 6.54 Å². The summed E-state index contributed by atoms with van der Waals surface area (Å²) in [6.45, 7) is 3.44. The van der Waals surface area contributed by atoms with Crippen LogP contribution in [0.1, 0.15) is 29.8 Å². The molecule has 4 nitrogen and oxygen atoms in total. The molecule has 0 atom stereocenters. The van der Waals surface area contributed by atoms with E-state index in [1.54, 1.807) is 38.1 Å². The van der Waals surface area contributed by atoms with Crippen LogP contribution < -0.4 is 5.32 Å². The van der Waals surface area contributed by atoms with Crippen molar-refractivity contribution < 1.29 is 17.6 Å². The summed E-state index contributed by atoms with van der Waals surface area (Å²) >= 11 is 0. The maximum absolute atomic E-state index is 13.1. The Morgan fingerprint density at radius 3 is 2.50 bits per heavy atom. The molecule has 6 heteroatoms. The van der Waals surface area contributed by atoms with Gasteiger partial charge in [-0.25, -0.2) is 12.8 Å². The number of hydrogen-bond acceptors (Lipinski definition) is 3. The summed E-state index contributed by atoms with van der Waals surface area (Å²) in [5, 5.41) is 2.08. The van der Waals surface area contributed by atoms with Gasteiger partial charge in [0.05, 0.1) is 15.7 Å². The molecule has 128 valence electrons. The Hall–Kier alpha value is -2.21. The highest BCUT2D eigenvalue weighted by molar-refractivity contribution is 7.92. The number of amides is 1. The van der Waals surface area contributed by atoms with Crippen LogP contribution in [0.25, 0.3) is 0 Å². The fourth-order valence-corrected chi connectivity index (χ4v) is 3.51. The third-order valence-corrected chi connectivity index (χ3v) is 5.86. The topological polar surface area (TPSA) is 63.2 Å². The van der Waals surface area contributed by atoms with Gasteiger partial charge in [-0.15, -0.1) is 0 Å². The van der Waals surface area contributed by atoms with Crippen LogP contribution in [-0.2, 0) is 16.3 Å². The Morgan fingerprint density at radius 2 is 1.83 bits per heavy atom. The molecule has 1 amide bonds. The predicted molar refractivity (Wildman–Crippen MR) is 91.2 cm³/mol. The lowest BCUT2D eigenvalue weighted by atomic mass is 10.1. The van der Waals surface area contributed by atoms with Crippen molar-refractivity contribution >= 4 is 15.7 Å². The van der Waals surface area contributed by atoms with Gasteiger partial charge in [0.15, 0.2) is 9.84 Å². The molecule has 0 bridgehead atoms. The summed E-state index contributed by atoms with van der Waals surface area (Å²) in [5.41, 5.74) is 0.892. The van der Waals surface area contributed by atoms with Gasteiger partial charge in [0.2, 0.25) is 0 Å². The molecule has 0 fully saturated rings. The van der Waals surface area contributed by atoms with E-state index in [4.69, 9.17) is 0 Å². The van der Waals surface area contributed by atoms with Crippen LogP contribution in [-0.4, -0.2) is 26.1 Å². The number of carbonyl (C=O) groups is 1. The van der Waals surface area contributed by atoms with Gasteiger partial charge in [-0.3, -0.25) is 4.79 Å². The van der Waals surface area contributed by atoms with Gasteiger partial charge >= 0.3 is 0 Å². The first-order chi connectivity index (χ1) is 11.3. The zero-order valence-corrected chi connectivity index (χ0v) is 14.4. The summed E-state index contributed by atoms with van der Waals surface area (Å²) < 4.78 is 37.9. The fraction of sp³-hybridized carbons (Fsp3) is 0.278. The van der Waals surface area contributed by atoms with Crippen LogP contribution >= 0.6 is 0 Å². The minimum Gasteiger partial charge on any atom is -0.352 e. The number of sulfone groups is 1. The molecule has 2 aromatic carbocycles. The average Bonchev–Trinajstić information content (AvgIpc) is 2.54. The highest BCUT2D eigenvalue weighted by Crippen LogP contribution is 2.20. The van der Waals surface area contributed by atoms with E-state index < -0.39 is 21.0 Å². The summed E-state index contributed by atoms with van der Waals surface area (Å²) in [5.74, 6) is -0.779. The second kappa shape index (κ2) is 7.57. The summed E-state index contributed by atoms with van der Waals surface area (Å²) in [4.78, 5) is 12.4. The Balaban J connectivity index is 2.11. The van der Waals surface area contributed by atoms with Crippen molar-refractivity contribution in [3.8, 4) is 0 Å². The molecule has 0 aliphatic rings. The van der Waals surface area contributed by atoms with E-state index in [0.29, 0.717) is 13.0 Å². The van der Waals surface area contributed by atoms with E-state index >= 15 is 0 Å². The zero-order valence-electron chi connectivity index (χ0n) is 13.6. The van der Waals surface area contributed by atoms with Crippen LogP contribution in [0.15, 0.2) is 53.4 Å². The number of nitrogens with one attached hydrogen (secondary N) is 1. The Morgan fingerprint density at radius 1 is 1.12 bits per heavy atom. The Labute approximate surface area is 141 Å². The summed E-state index contributed by atoms with van der Waals surface area (Å²) in [6.07, 6.45) is 0.461. The van der Waals surface area contributed by atoms with E-state index in [-0.39, 0.29) is 16.3 Å². The maximum atomic E-state index is 13.1. The Bertz CT molecular complexity index is 832. The van der Waals surface area contributed by atoms with Gasteiger partial charge in [0.1, 0.15) is 5.82 Å². The first kappa shape index (κ1) is 18.1. The SMILES string of the molecule is CC(C)S(=O)(=O)c1ccccc1C(=O)NCCc1cccc(F)c1. The van der Waals surface area contributed by atoms with E-state index in [0.717, 1.165) is 5.56 Å². The minimum absolute atomic E-state index is 0.0308. The van der Waals surface area contributed by atoms with Crippen molar-refractivity contribution in [2.45, 2.75) is 30.4 Å². The molecule has 0 aromatic heterocycles. The van der Waals surface area contributed by atoms with Crippen LogP contribution in [0, 0.1) is 5.82 Å². The highest BCUT2D eigenvalue weighted by atomic mass is 32.2. The van der Waals surface area contributed by atoms with Gasteiger partial charge in [-0.2, -0.15) is 0 Å². The molecular weight excluding hydrogens is 329 g/mol. The van der Waals surface area contributed by atoms with E-state index in [9.17, 15) is 17.6 Å². The van der Waals surface area contributed by atoms with Gasteiger partial charge < -0.3 is 5.32 Å². The van der Waals surface area contributed by atoms with Crippen LogP contribution in [0.2, 0.25) is 0 Å². The number of carbonyl (C=O) groups excluding carboxylic acids is 1. The summed E-state index contributed by atoms with van der Waals surface area (Å²) in [6, 6.07) is 12.3. The van der Waals surface area contributed by atoms with Gasteiger partial charge in [-0.1, -0.05) is 24.3 Å². The lowest BCUT2D eigenvalue weighted by Crippen LogP contribution is -2.28. The van der Waals surface area contributed by atoms with Gasteiger partial charge in [-0.05, 0) is 50.1 Å². The van der Waals surface area contributed by atoms with Crippen molar-refractivity contribution in [1.29, 1.82) is 0 Å². The number of rotatable bonds is 6. The molecule has 2 rings (SSSR count). The highest BCUT2D eigenvalue weighted by Gasteiger charge is 2.24. The minimum atomic E-state index is -3.55. The third kappa shape index (κ3) is 4.20. The van der Waals surface area contributed by atoms with E-state index in [1.165, 1.54) is 24.3 Å². The number of benzene rings is 2. The molecule has 2 aromatic rings. The first-order valence-corrected chi connectivity index (χ1v) is 9.22. The molecular formula is C18H20FNO3S. The average molecular weight is 349 g/mol. The fourth-order valence-electron chi connectivity index (χ4n) is 2.26. The molecule has 0 aliphatic carbocycles. The van der Waals surface area contributed by atoms with Crippen LogP contribution in [0.3, 0.4) is 0 Å². The van der Waals surface area contributed by atoms with E-state index in [1.807, 2.05) is 0 Å². The normalized spacial score (nSPS) is 11.5. The van der Waals surface area contributed by atoms with Gasteiger partial charge in [0.25, 0.3) is 5.91 Å². The van der Waals surface area contributed by atoms with E-state index in [2.05, 4.69) is 5.32 Å². The van der Waals surface area contributed by atoms with Crippen molar-refractivity contribution in [2.75, 3.05) is 6.54 Å². The van der Waals surface area contributed by atoms with Crippen LogP contribution in [0.5, 0.6) is 0 Å². The van der Waals surface area contributed by atoms with Crippen molar-refractivity contribution in [2.24, 2.45) is 0 Å². The standard InChI is InChI=1S/C18H20FNO3S/c1-13(2)24(22,23)17-9-4-3-8-16(17)18(21)20-11-10-14-6-5-7-15(19)12-14/h3-9,12-13H,10-11H2,1-2H3,(H,20,21). The molecule has 1 N–H and O–H groups in total. The number of hydrogen-bond donors (Lipinski definition) is 1. The molecule has 0 spiro atoms. The zero-order chi connectivity index (χ0) is 17.7. The molecule has 0 saturated carbocycles. The second-order valence-corrected chi connectivity index (χ2v) is 8.20. The lowest BCUT2D eigenvalue weighted by Gasteiger charge is -2.13. The molecule has 24 heavy (non-hydrogen) atoms. The molecule has 0 aliphatic heterocycles. The van der Waals surface area contributed by atoms with Crippen molar-refractivity contribution in [3.05, 3.63) is 65.5 Å². The quantitative estimate of drug-likeness (QED) is 0.872. The monoisotopic (exact) mass is 349 g/mol. The molecule has 0 radical (unpaired) electrons. The van der Waals surface area contributed by atoms with Crippen molar-refractivity contribution in [1.82, 2.24) is 5.32 Å². The smallest absolute Gasteiger partial charge is 0.252 e. The van der Waals surface area contributed by atoms with Crippen molar-refractivity contribution in [3.63, 3.8) is 0 Å². The lowest BCUT2D eigenvalue weighted by molar-refractivity contribution is 0.0951. The first-order valence-electron chi connectivity index (χ1n) is 7.68. The molecule has 0 saturated heterocycles. The largest absolute Gasteiger partial charge is 0.352 e. The van der Waals surface area contributed by atoms with Crippen LogP contribution in [0.4, 0.5) is 4.39 Å². The third-order valence-electron chi connectivity index (χ3n) is 3.65. The Kier molecular flexibility index (Phi) is 5.72. The predicted octanol–water partition coefficient (Wildman–Crippen LogP) is 2.98.